The molecule has 0 radical (unpaired) electrons. The van der Waals surface area contributed by atoms with Crippen LogP contribution in [0.25, 0.3) is 6.08 Å². The highest BCUT2D eigenvalue weighted by Gasteiger charge is 2.57. The number of nitrogens with zero attached hydrogens (tertiary/aromatic N) is 1. The molecule has 10 heteroatoms. The van der Waals surface area contributed by atoms with Crippen molar-refractivity contribution in [2.24, 2.45) is 17.8 Å². The maximum Gasteiger partial charge on any atom is 0.330 e. The average molecular weight is 656 g/mol. The highest BCUT2D eigenvalue weighted by Crippen LogP contribution is 2.43. The van der Waals surface area contributed by atoms with Gasteiger partial charge in [0.25, 0.3) is 0 Å². The summed E-state index contributed by atoms with van der Waals surface area (Å²) >= 11 is 0. The van der Waals surface area contributed by atoms with Gasteiger partial charge in [0.05, 0.1) is 24.9 Å². The van der Waals surface area contributed by atoms with Gasteiger partial charge in [-0.2, -0.15) is 0 Å². The minimum Gasteiger partial charge on any atom is -0.466 e. The molecule has 3 heterocycles. The van der Waals surface area contributed by atoms with E-state index in [2.05, 4.69) is 4.98 Å². The molecule has 0 aromatic carbocycles. The summed E-state index contributed by atoms with van der Waals surface area (Å²) in [5, 5.41) is 22.2. The molecule has 260 valence electrons. The van der Waals surface area contributed by atoms with Gasteiger partial charge < -0.3 is 33.6 Å². The molecule has 1 fully saturated rings. The Bertz CT molecular complexity index is 1340. The number of fused-ring (bicyclic) bond motifs is 1. The monoisotopic (exact) mass is 655 g/mol. The maximum absolute atomic E-state index is 13.1. The van der Waals surface area contributed by atoms with Crippen LogP contribution in [0.2, 0.25) is 0 Å². The molecule has 10 nitrogen and oxygen atoms in total. The largest absolute Gasteiger partial charge is 0.466 e. The lowest BCUT2D eigenvalue weighted by atomic mass is 9.85. The highest BCUT2D eigenvalue weighted by molar-refractivity contribution is 5.82. The molecule has 2 aliphatic rings. The summed E-state index contributed by atoms with van der Waals surface area (Å²) in [4.78, 5) is 29.7. The quantitative estimate of drug-likeness (QED) is 0.137. The van der Waals surface area contributed by atoms with Crippen molar-refractivity contribution in [3.63, 3.8) is 0 Å². The fourth-order valence-electron chi connectivity index (χ4n) is 5.97. The van der Waals surface area contributed by atoms with E-state index in [0.717, 1.165) is 16.8 Å². The van der Waals surface area contributed by atoms with E-state index in [4.69, 9.17) is 23.4 Å². The second-order valence-corrected chi connectivity index (χ2v) is 13.0. The highest BCUT2D eigenvalue weighted by atomic mass is 16.6. The van der Waals surface area contributed by atoms with Crippen molar-refractivity contribution in [1.29, 1.82) is 0 Å². The normalized spacial score (nSPS) is 32.3. The second kappa shape index (κ2) is 17.7. The molecule has 0 bridgehead atoms. The third kappa shape index (κ3) is 11.4. The molecule has 3 rings (SSSR count). The summed E-state index contributed by atoms with van der Waals surface area (Å²) in [5.74, 6) is -1.07. The molecule has 2 N–H and O–H groups in total. The molecule has 1 saturated heterocycles. The Balaban J connectivity index is 1.82. The first-order valence-electron chi connectivity index (χ1n) is 16.5. The number of allylic oxidation sites excluding steroid dienone is 5. The number of hydrogen-bond donors (Lipinski definition) is 2. The zero-order valence-corrected chi connectivity index (χ0v) is 29.0. The summed E-state index contributed by atoms with van der Waals surface area (Å²) in [6, 6.07) is 0. The Hall–Kier alpha value is -3.31. The van der Waals surface area contributed by atoms with Crippen molar-refractivity contribution in [3.8, 4) is 0 Å². The number of oxazole rings is 1. The van der Waals surface area contributed by atoms with Crippen molar-refractivity contribution in [2.45, 2.75) is 110 Å². The van der Waals surface area contributed by atoms with Crippen molar-refractivity contribution >= 4 is 18.0 Å². The van der Waals surface area contributed by atoms with Crippen LogP contribution in [-0.4, -0.2) is 77.0 Å². The van der Waals surface area contributed by atoms with Gasteiger partial charge >= 0.3 is 11.9 Å². The van der Waals surface area contributed by atoms with Crippen LogP contribution in [0.15, 0.2) is 64.4 Å². The Kier molecular flexibility index (Phi) is 14.4. The molecule has 0 amide bonds. The van der Waals surface area contributed by atoms with Gasteiger partial charge in [0.1, 0.15) is 29.8 Å². The van der Waals surface area contributed by atoms with E-state index in [0.29, 0.717) is 18.7 Å². The predicted octanol–water partition coefficient (Wildman–Crippen LogP) is 5.83. The van der Waals surface area contributed by atoms with Crippen LogP contribution < -0.4 is 0 Å². The van der Waals surface area contributed by atoms with Gasteiger partial charge in [-0.1, -0.05) is 50.3 Å². The first-order valence-corrected chi connectivity index (χ1v) is 16.5. The Morgan fingerprint density at radius 3 is 2.64 bits per heavy atom. The zero-order valence-electron chi connectivity index (χ0n) is 29.0. The van der Waals surface area contributed by atoms with E-state index in [-0.39, 0.29) is 49.3 Å². The van der Waals surface area contributed by atoms with Crippen LogP contribution in [-0.2, 0) is 28.5 Å². The number of aryl methyl sites for hydroxylation is 1. The van der Waals surface area contributed by atoms with Crippen LogP contribution in [0.3, 0.4) is 0 Å². The van der Waals surface area contributed by atoms with Gasteiger partial charge in [-0.15, -0.1) is 0 Å². The zero-order chi connectivity index (χ0) is 34.7. The van der Waals surface area contributed by atoms with E-state index in [9.17, 15) is 19.8 Å². The average Bonchev–Trinajstić information content (AvgIpc) is 3.51. The van der Waals surface area contributed by atoms with E-state index < -0.39 is 36.0 Å². The van der Waals surface area contributed by atoms with Gasteiger partial charge in [0.2, 0.25) is 0 Å². The molecule has 0 aliphatic carbocycles. The Morgan fingerprint density at radius 1 is 1.23 bits per heavy atom. The fraction of sp³-hybridized carbons (Fsp3) is 0.595. The molecule has 1 aromatic rings. The molecule has 47 heavy (non-hydrogen) atoms. The maximum atomic E-state index is 13.1. The first kappa shape index (κ1) is 38.1. The summed E-state index contributed by atoms with van der Waals surface area (Å²) in [6.07, 6.45) is 14.0. The molecule has 9 atom stereocenters. The predicted molar refractivity (Wildman–Crippen MR) is 179 cm³/mol. The fourth-order valence-corrected chi connectivity index (χ4v) is 5.97. The van der Waals surface area contributed by atoms with Crippen LogP contribution in [0, 0.1) is 24.7 Å². The number of carbonyl (C=O) groups is 2. The number of aliphatic hydroxyl groups excluding tert-OH is 2. The van der Waals surface area contributed by atoms with Gasteiger partial charge in [0, 0.05) is 44.8 Å². The number of epoxide rings is 1. The lowest BCUT2D eigenvalue weighted by Gasteiger charge is -2.32. The Morgan fingerprint density at radius 2 is 1.98 bits per heavy atom. The minimum atomic E-state index is -0.932. The first-order chi connectivity index (χ1) is 22.3. The van der Waals surface area contributed by atoms with Crippen LogP contribution in [0.1, 0.15) is 78.8 Å². The third-order valence-corrected chi connectivity index (χ3v) is 9.03. The Labute approximate surface area is 279 Å². The van der Waals surface area contributed by atoms with Gasteiger partial charge in [-0.3, -0.25) is 4.79 Å². The van der Waals surface area contributed by atoms with Gasteiger partial charge in [-0.25, -0.2) is 9.78 Å². The molecule has 1 aromatic heterocycles. The third-order valence-electron chi connectivity index (χ3n) is 9.03. The summed E-state index contributed by atoms with van der Waals surface area (Å²) in [6.45, 7) is 13.4. The lowest BCUT2D eigenvalue weighted by Crippen LogP contribution is -2.41. The van der Waals surface area contributed by atoms with Crippen LogP contribution in [0.5, 0.6) is 0 Å². The van der Waals surface area contributed by atoms with Crippen molar-refractivity contribution in [3.05, 3.63) is 71.5 Å². The van der Waals surface area contributed by atoms with Crippen LogP contribution >= 0.6 is 0 Å². The number of methoxy groups -OCH3 is 1. The number of hydrogen-bond acceptors (Lipinski definition) is 10. The number of rotatable bonds is 10. The summed E-state index contributed by atoms with van der Waals surface area (Å²) < 4.78 is 28.2. The van der Waals surface area contributed by atoms with Crippen molar-refractivity contribution in [1.82, 2.24) is 4.98 Å². The molecular formula is C37H53NO9. The van der Waals surface area contributed by atoms with E-state index >= 15 is 0 Å². The number of ether oxygens (including phenoxy) is 4. The molecule has 0 spiro atoms. The molecule has 0 saturated carbocycles. The summed E-state index contributed by atoms with van der Waals surface area (Å²) in [5.41, 5.74) is 1.78. The number of aliphatic hydroxyl groups is 2. The molecular weight excluding hydrogens is 602 g/mol. The molecule has 2 unspecified atom stereocenters. The van der Waals surface area contributed by atoms with E-state index in [1.54, 1.807) is 33.3 Å². The number of carbonyl (C=O) groups excluding carboxylic acids is 2. The number of cyclic esters (lactones) is 1. The number of esters is 2. The van der Waals surface area contributed by atoms with Gasteiger partial charge in [0.15, 0.2) is 5.89 Å². The smallest absolute Gasteiger partial charge is 0.330 e. The van der Waals surface area contributed by atoms with Crippen LogP contribution in [0.4, 0.5) is 0 Å². The lowest BCUT2D eigenvalue weighted by molar-refractivity contribution is -0.150. The standard InChI is InChI=1S/C37H53NO9/c1-9-44-35(42)20-28-14-11-15-34(41)46-31(21-32(40)37(7)33(47-37)17-16-24(3)30(39)19-28)26(5)36(43-8)25(4)13-10-12-23(2)18-29-22-45-27(6)38-29/h10-13,15-18,22,24,26,28,30-33,36,39-40H,9,14,19-21H2,1-8H3/b12-10+,15-11+,17-16+,23-18+,25-13+/t24-,26+,28-,30-,31?,32+,33-,36+,37?/m1/s1. The van der Waals surface area contributed by atoms with Gasteiger partial charge in [-0.05, 0) is 63.7 Å². The van der Waals surface area contributed by atoms with Crippen molar-refractivity contribution in [2.75, 3.05) is 13.7 Å². The number of aromatic nitrogens is 1. The van der Waals surface area contributed by atoms with E-state index in [1.807, 2.05) is 71.1 Å². The SMILES string of the molecule is CCOC(=O)C[C@@H]1C/C=C/C(=O)OC([C@H](C)[C@@H](OC)/C(C)=C/C=C/C(C)=C/c2coc(C)n2)C[C@H](O)C2(C)O[C@@H]2/C=C/[C@@H](C)[C@H](O)C1. The topological polar surface area (TPSA) is 141 Å². The van der Waals surface area contributed by atoms with E-state index in [1.165, 1.54) is 6.08 Å². The summed E-state index contributed by atoms with van der Waals surface area (Å²) in [7, 11) is 1.61. The minimum absolute atomic E-state index is 0.126. The molecule has 2 aliphatic heterocycles. The van der Waals surface area contributed by atoms with Crippen molar-refractivity contribution < 1.29 is 43.2 Å². The second-order valence-electron chi connectivity index (χ2n) is 13.0.